The van der Waals surface area contributed by atoms with Gasteiger partial charge in [-0.2, -0.15) is 0 Å². The van der Waals surface area contributed by atoms with Crippen LogP contribution in [0.2, 0.25) is 0 Å². The van der Waals surface area contributed by atoms with Crippen molar-refractivity contribution < 1.29 is 0 Å². The van der Waals surface area contributed by atoms with Crippen LogP contribution in [0.1, 0.15) is 5.69 Å². The Balaban J connectivity index is 2.32. The molecule has 2 aromatic heterocycles. The van der Waals surface area contributed by atoms with Gasteiger partial charge in [0, 0.05) is 31.2 Å². The molecule has 2 heterocycles. The van der Waals surface area contributed by atoms with Crippen LogP contribution in [0, 0.1) is 0 Å². The highest BCUT2D eigenvalue weighted by atomic mass is 16.1. The minimum absolute atomic E-state index is 0.0358. The molecular formula is C11H12N2O. The molecular weight excluding hydrogens is 176 g/mol. The summed E-state index contributed by atoms with van der Waals surface area (Å²) in [6.07, 6.45) is 3.78. The van der Waals surface area contributed by atoms with Crippen LogP contribution in [-0.2, 0) is 13.6 Å². The standard InChI is InChI=1S/C11H12N2O/c1-12-7-4-5-10(12)9-13-8-3-2-6-11(13)14/h2-8H,9H2,1H3. The topological polar surface area (TPSA) is 26.9 Å². The van der Waals surface area contributed by atoms with Crippen molar-refractivity contribution in [2.24, 2.45) is 7.05 Å². The highest BCUT2D eigenvalue weighted by molar-refractivity contribution is 5.08. The Morgan fingerprint density at radius 1 is 1.14 bits per heavy atom. The molecule has 0 aliphatic rings. The van der Waals surface area contributed by atoms with Crippen LogP contribution in [0.4, 0.5) is 0 Å². The zero-order valence-corrected chi connectivity index (χ0v) is 8.05. The predicted octanol–water partition coefficient (Wildman–Crippen LogP) is 1.24. The maximum atomic E-state index is 11.4. The van der Waals surface area contributed by atoms with Gasteiger partial charge < -0.3 is 9.13 Å². The minimum atomic E-state index is 0.0358. The van der Waals surface area contributed by atoms with Gasteiger partial charge in [0.15, 0.2) is 0 Å². The predicted molar refractivity (Wildman–Crippen MR) is 55.2 cm³/mol. The van der Waals surface area contributed by atoms with Gasteiger partial charge >= 0.3 is 0 Å². The van der Waals surface area contributed by atoms with Gasteiger partial charge in [0.2, 0.25) is 0 Å². The van der Waals surface area contributed by atoms with Gasteiger partial charge in [0.05, 0.1) is 6.54 Å². The average Bonchev–Trinajstić information content (AvgIpc) is 2.56. The number of hydrogen-bond acceptors (Lipinski definition) is 1. The van der Waals surface area contributed by atoms with Gasteiger partial charge in [-0.15, -0.1) is 0 Å². The number of aryl methyl sites for hydroxylation is 1. The van der Waals surface area contributed by atoms with Crippen LogP contribution in [0.25, 0.3) is 0 Å². The molecule has 0 atom stereocenters. The van der Waals surface area contributed by atoms with E-state index in [1.807, 2.05) is 36.0 Å². The third kappa shape index (κ3) is 1.62. The fourth-order valence-electron chi connectivity index (χ4n) is 1.43. The second-order valence-electron chi connectivity index (χ2n) is 3.28. The smallest absolute Gasteiger partial charge is 0.250 e. The average molecular weight is 188 g/mol. The van der Waals surface area contributed by atoms with Crippen LogP contribution < -0.4 is 5.56 Å². The summed E-state index contributed by atoms with van der Waals surface area (Å²) in [6.45, 7) is 0.628. The molecule has 0 aromatic carbocycles. The second-order valence-corrected chi connectivity index (χ2v) is 3.28. The Morgan fingerprint density at radius 2 is 2.00 bits per heavy atom. The van der Waals surface area contributed by atoms with Gasteiger partial charge in [-0.1, -0.05) is 6.07 Å². The third-order valence-corrected chi connectivity index (χ3v) is 2.28. The van der Waals surface area contributed by atoms with E-state index < -0.39 is 0 Å². The lowest BCUT2D eigenvalue weighted by atomic mass is 10.4. The van der Waals surface area contributed by atoms with E-state index in [0.717, 1.165) is 5.69 Å². The quantitative estimate of drug-likeness (QED) is 0.696. The molecule has 2 aromatic rings. The summed E-state index contributed by atoms with van der Waals surface area (Å²) in [5.41, 5.74) is 1.16. The Kier molecular flexibility index (Phi) is 2.23. The zero-order chi connectivity index (χ0) is 9.97. The van der Waals surface area contributed by atoms with Crippen molar-refractivity contribution in [3.05, 3.63) is 58.8 Å². The van der Waals surface area contributed by atoms with E-state index in [1.54, 1.807) is 22.9 Å². The summed E-state index contributed by atoms with van der Waals surface area (Å²) in [4.78, 5) is 11.4. The molecule has 0 aliphatic heterocycles. The van der Waals surface area contributed by atoms with E-state index in [0.29, 0.717) is 6.54 Å². The first-order valence-corrected chi connectivity index (χ1v) is 4.53. The van der Waals surface area contributed by atoms with Crippen LogP contribution in [-0.4, -0.2) is 9.13 Å². The van der Waals surface area contributed by atoms with E-state index in [4.69, 9.17) is 0 Å². The van der Waals surface area contributed by atoms with E-state index in [9.17, 15) is 4.79 Å². The van der Waals surface area contributed by atoms with E-state index in [-0.39, 0.29) is 5.56 Å². The molecule has 0 aliphatic carbocycles. The Morgan fingerprint density at radius 3 is 2.64 bits per heavy atom. The zero-order valence-electron chi connectivity index (χ0n) is 8.05. The first-order valence-electron chi connectivity index (χ1n) is 4.53. The fourth-order valence-corrected chi connectivity index (χ4v) is 1.43. The lowest BCUT2D eigenvalue weighted by molar-refractivity contribution is 0.700. The molecule has 0 fully saturated rings. The number of rotatable bonds is 2. The fraction of sp³-hybridized carbons (Fsp3) is 0.182. The van der Waals surface area contributed by atoms with Crippen LogP contribution >= 0.6 is 0 Å². The molecule has 72 valence electrons. The molecule has 0 spiro atoms. The summed E-state index contributed by atoms with van der Waals surface area (Å²) in [5, 5.41) is 0. The maximum absolute atomic E-state index is 11.4. The van der Waals surface area contributed by atoms with Crippen molar-refractivity contribution in [3.8, 4) is 0 Å². The number of pyridine rings is 1. The first-order chi connectivity index (χ1) is 6.77. The molecule has 14 heavy (non-hydrogen) atoms. The van der Waals surface area contributed by atoms with Crippen molar-refractivity contribution in [1.29, 1.82) is 0 Å². The van der Waals surface area contributed by atoms with Crippen molar-refractivity contribution in [2.45, 2.75) is 6.54 Å². The Labute approximate surface area is 82.2 Å². The first kappa shape index (κ1) is 8.81. The largest absolute Gasteiger partial charge is 0.353 e. The number of hydrogen-bond donors (Lipinski definition) is 0. The van der Waals surface area contributed by atoms with Gasteiger partial charge in [0.25, 0.3) is 5.56 Å². The lowest BCUT2D eigenvalue weighted by Gasteiger charge is -2.05. The SMILES string of the molecule is Cn1cccc1Cn1ccccc1=O. The second kappa shape index (κ2) is 3.54. The molecule has 0 amide bonds. The normalized spacial score (nSPS) is 10.4. The monoisotopic (exact) mass is 188 g/mol. The summed E-state index contributed by atoms with van der Waals surface area (Å²) >= 11 is 0. The molecule has 0 saturated heterocycles. The molecule has 2 rings (SSSR count). The molecule has 0 unspecified atom stereocenters. The molecule has 0 radical (unpaired) electrons. The maximum Gasteiger partial charge on any atom is 0.250 e. The van der Waals surface area contributed by atoms with Crippen LogP contribution in [0.5, 0.6) is 0 Å². The van der Waals surface area contributed by atoms with Crippen molar-refractivity contribution in [1.82, 2.24) is 9.13 Å². The van der Waals surface area contributed by atoms with Crippen molar-refractivity contribution >= 4 is 0 Å². The molecule has 3 nitrogen and oxygen atoms in total. The Hall–Kier alpha value is -1.77. The van der Waals surface area contributed by atoms with Crippen molar-refractivity contribution in [2.75, 3.05) is 0 Å². The summed E-state index contributed by atoms with van der Waals surface area (Å²) < 4.78 is 3.70. The lowest BCUT2D eigenvalue weighted by Crippen LogP contribution is -2.19. The molecule has 0 saturated carbocycles. The van der Waals surface area contributed by atoms with Crippen molar-refractivity contribution in [3.63, 3.8) is 0 Å². The summed E-state index contributed by atoms with van der Waals surface area (Å²) in [5.74, 6) is 0. The van der Waals surface area contributed by atoms with E-state index in [1.165, 1.54) is 0 Å². The summed E-state index contributed by atoms with van der Waals surface area (Å²) in [7, 11) is 1.98. The van der Waals surface area contributed by atoms with Gasteiger partial charge in [-0.25, -0.2) is 0 Å². The van der Waals surface area contributed by atoms with Crippen LogP contribution in [0.3, 0.4) is 0 Å². The van der Waals surface area contributed by atoms with Gasteiger partial charge in [-0.3, -0.25) is 4.79 Å². The van der Waals surface area contributed by atoms with E-state index in [2.05, 4.69) is 0 Å². The molecule has 3 heteroatoms. The minimum Gasteiger partial charge on any atom is -0.353 e. The molecule has 0 N–H and O–H groups in total. The van der Waals surface area contributed by atoms with E-state index >= 15 is 0 Å². The third-order valence-electron chi connectivity index (χ3n) is 2.28. The highest BCUT2D eigenvalue weighted by Crippen LogP contribution is 2.00. The Bertz CT molecular complexity index is 482. The molecule has 0 bridgehead atoms. The van der Waals surface area contributed by atoms with Gasteiger partial charge in [0.1, 0.15) is 0 Å². The van der Waals surface area contributed by atoms with Gasteiger partial charge in [-0.05, 0) is 18.2 Å². The summed E-state index contributed by atoms with van der Waals surface area (Å²) in [6, 6.07) is 9.18. The number of nitrogens with zero attached hydrogens (tertiary/aromatic N) is 2. The number of aromatic nitrogens is 2. The van der Waals surface area contributed by atoms with Crippen LogP contribution in [0.15, 0.2) is 47.5 Å². The highest BCUT2D eigenvalue weighted by Gasteiger charge is 1.98.